The van der Waals surface area contributed by atoms with Crippen molar-refractivity contribution in [2.45, 2.75) is 0 Å². The van der Waals surface area contributed by atoms with Crippen molar-refractivity contribution in [1.29, 1.82) is 0 Å². The van der Waals surface area contributed by atoms with Crippen molar-refractivity contribution in [1.82, 2.24) is 20.2 Å². The number of rotatable bonds is 1. The Morgan fingerprint density at radius 1 is 1.50 bits per heavy atom. The number of hydrogen-bond donors (Lipinski definition) is 2. The zero-order valence-corrected chi connectivity index (χ0v) is 8.89. The summed E-state index contributed by atoms with van der Waals surface area (Å²) >= 11 is 9.68. The highest BCUT2D eigenvalue weighted by Gasteiger charge is 2.08. The van der Waals surface area contributed by atoms with Crippen molar-refractivity contribution in [2.24, 2.45) is 0 Å². The van der Waals surface area contributed by atoms with Crippen LogP contribution in [0.15, 0.2) is 9.30 Å². The molecule has 4 nitrogen and oxygen atoms in total. The summed E-state index contributed by atoms with van der Waals surface area (Å²) in [5, 5.41) is 5.53. The minimum atomic E-state index is 0.435. The Labute approximate surface area is 85.2 Å². The van der Waals surface area contributed by atoms with Gasteiger partial charge in [-0.15, -0.1) is 11.3 Å². The number of thiazole rings is 1. The number of hydrogen-bond acceptors (Lipinski definition) is 4. The third-order valence-corrected chi connectivity index (χ3v) is 2.99. The van der Waals surface area contributed by atoms with Crippen LogP contribution in [0.1, 0.15) is 0 Å². The maximum atomic E-state index is 4.81. The van der Waals surface area contributed by atoms with Gasteiger partial charge < -0.3 is 0 Å². The third kappa shape index (κ3) is 1.35. The van der Waals surface area contributed by atoms with Gasteiger partial charge in [-0.1, -0.05) is 0 Å². The first-order valence-corrected chi connectivity index (χ1v) is 5.09. The second-order valence-electron chi connectivity index (χ2n) is 1.99. The van der Waals surface area contributed by atoms with E-state index in [0.29, 0.717) is 10.6 Å². The summed E-state index contributed by atoms with van der Waals surface area (Å²) in [5.41, 5.74) is 2.53. The molecule has 0 radical (unpaired) electrons. The van der Waals surface area contributed by atoms with Gasteiger partial charge >= 0.3 is 0 Å². The summed E-state index contributed by atoms with van der Waals surface area (Å²) in [6, 6.07) is 0. The van der Waals surface area contributed by atoms with E-state index in [0.717, 1.165) is 9.48 Å². The lowest BCUT2D eigenvalue weighted by Gasteiger charge is -1.87. The van der Waals surface area contributed by atoms with Crippen LogP contribution in [0.25, 0.3) is 11.5 Å². The minimum absolute atomic E-state index is 0.435. The summed E-state index contributed by atoms with van der Waals surface area (Å²) in [5.74, 6) is 0.660. The Bertz CT molecular complexity index is 442. The number of aromatic nitrogens is 4. The number of nitrogens with zero attached hydrogens (tertiary/aromatic N) is 2. The number of aromatic amines is 2. The second-order valence-corrected chi connectivity index (χ2v) is 4.55. The summed E-state index contributed by atoms with van der Waals surface area (Å²) in [4.78, 5) is 8.14. The molecule has 0 unspecified atom stereocenters. The highest BCUT2D eigenvalue weighted by molar-refractivity contribution is 9.11. The van der Waals surface area contributed by atoms with Crippen LogP contribution >= 0.6 is 39.5 Å². The van der Waals surface area contributed by atoms with Crippen LogP contribution in [-0.4, -0.2) is 20.2 Å². The molecular formula is C5H3BrN4S2. The Hall–Kier alpha value is -0.530. The molecule has 0 saturated carbocycles. The van der Waals surface area contributed by atoms with Crippen molar-refractivity contribution in [2.75, 3.05) is 0 Å². The molecule has 2 aromatic rings. The van der Waals surface area contributed by atoms with Crippen LogP contribution < -0.4 is 0 Å². The Morgan fingerprint density at radius 2 is 2.33 bits per heavy atom. The average molecular weight is 263 g/mol. The first-order chi connectivity index (χ1) is 5.77. The van der Waals surface area contributed by atoms with E-state index in [1.165, 1.54) is 11.3 Å². The molecule has 62 valence electrons. The molecular weight excluding hydrogens is 260 g/mol. The van der Waals surface area contributed by atoms with Crippen LogP contribution in [-0.2, 0) is 0 Å². The molecule has 2 N–H and O–H groups in total. The second kappa shape index (κ2) is 3.08. The number of H-pyrrole nitrogens is 2. The molecule has 7 heteroatoms. The van der Waals surface area contributed by atoms with E-state index in [-0.39, 0.29) is 0 Å². The first kappa shape index (κ1) is 8.09. The summed E-state index contributed by atoms with van der Waals surface area (Å²) in [6.45, 7) is 0. The SMILES string of the molecule is S=c1nc(-c2ncsc2Br)[nH][nH]1. The molecule has 0 aromatic carbocycles. The molecule has 2 rings (SSSR count). The van der Waals surface area contributed by atoms with Gasteiger partial charge in [-0.3, -0.25) is 10.2 Å². The fourth-order valence-electron chi connectivity index (χ4n) is 0.768. The molecule has 0 bridgehead atoms. The van der Waals surface area contributed by atoms with Crippen molar-refractivity contribution >= 4 is 39.5 Å². The predicted molar refractivity (Wildman–Crippen MR) is 52.6 cm³/mol. The molecule has 0 spiro atoms. The fraction of sp³-hybridized carbons (Fsp3) is 0. The van der Waals surface area contributed by atoms with Crippen molar-refractivity contribution in [3.63, 3.8) is 0 Å². The molecule has 0 atom stereocenters. The van der Waals surface area contributed by atoms with E-state index in [2.05, 4.69) is 36.1 Å². The predicted octanol–water partition coefficient (Wildman–Crippen LogP) is 2.35. The molecule has 0 aliphatic rings. The molecule has 0 aliphatic heterocycles. The lowest BCUT2D eigenvalue weighted by atomic mass is 10.5. The minimum Gasteiger partial charge on any atom is -0.280 e. The van der Waals surface area contributed by atoms with Gasteiger partial charge in [0.1, 0.15) is 9.48 Å². The quantitative estimate of drug-likeness (QED) is 0.776. The van der Waals surface area contributed by atoms with Gasteiger partial charge in [-0.05, 0) is 28.1 Å². The molecule has 0 amide bonds. The third-order valence-electron chi connectivity index (χ3n) is 1.25. The highest BCUT2D eigenvalue weighted by atomic mass is 79.9. The Kier molecular flexibility index (Phi) is 2.07. The van der Waals surface area contributed by atoms with Gasteiger partial charge in [0.2, 0.25) is 4.77 Å². The Morgan fingerprint density at radius 3 is 2.83 bits per heavy atom. The largest absolute Gasteiger partial charge is 0.280 e. The van der Waals surface area contributed by atoms with Crippen molar-refractivity contribution in [3.05, 3.63) is 14.1 Å². The monoisotopic (exact) mass is 262 g/mol. The van der Waals surface area contributed by atoms with Crippen LogP contribution in [0, 0.1) is 4.77 Å². The van der Waals surface area contributed by atoms with Crippen molar-refractivity contribution < 1.29 is 0 Å². The molecule has 2 aromatic heterocycles. The van der Waals surface area contributed by atoms with Gasteiger partial charge in [0.15, 0.2) is 5.82 Å². The summed E-state index contributed by atoms with van der Waals surface area (Å²) < 4.78 is 1.38. The highest BCUT2D eigenvalue weighted by Crippen LogP contribution is 2.27. The lowest BCUT2D eigenvalue weighted by Crippen LogP contribution is -1.80. The fourth-order valence-corrected chi connectivity index (χ4v) is 1.96. The summed E-state index contributed by atoms with van der Waals surface area (Å²) in [6.07, 6.45) is 0. The maximum absolute atomic E-state index is 4.81. The van der Waals surface area contributed by atoms with E-state index in [1.54, 1.807) is 5.51 Å². The van der Waals surface area contributed by atoms with E-state index < -0.39 is 0 Å². The molecule has 0 fully saturated rings. The lowest BCUT2D eigenvalue weighted by molar-refractivity contribution is 1.08. The number of halogens is 1. The number of nitrogens with one attached hydrogen (secondary N) is 2. The zero-order chi connectivity index (χ0) is 8.55. The zero-order valence-electron chi connectivity index (χ0n) is 5.67. The standard InChI is InChI=1S/C5H3BrN4S2/c6-3-2(7-1-12-3)4-8-5(11)10-9-4/h1H,(H2,8,9,10,11). The molecule has 0 saturated heterocycles. The first-order valence-electron chi connectivity index (χ1n) is 3.01. The van der Waals surface area contributed by atoms with Crippen molar-refractivity contribution in [3.8, 4) is 11.5 Å². The van der Waals surface area contributed by atoms with Crippen LogP contribution in [0.5, 0.6) is 0 Å². The molecule has 0 aliphatic carbocycles. The smallest absolute Gasteiger partial charge is 0.213 e. The summed E-state index contributed by atoms with van der Waals surface area (Å²) in [7, 11) is 0. The van der Waals surface area contributed by atoms with E-state index in [1.807, 2.05) is 0 Å². The van der Waals surface area contributed by atoms with Gasteiger partial charge in [0.25, 0.3) is 0 Å². The van der Waals surface area contributed by atoms with Crippen LogP contribution in [0.4, 0.5) is 0 Å². The van der Waals surface area contributed by atoms with Gasteiger partial charge in [0.05, 0.1) is 5.51 Å². The van der Waals surface area contributed by atoms with Crippen LogP contribution in [0.3, 0.4) is 0 Å². The van der Waals surface area contributed by atoms with Crippen LogP contribution in [0.2, 0.25) is 0 Å². The van der Waals surface area contributed by atoms with Gasteiger partial charge in [-0.25, -0.2) is 4.98 Å². The normalized spacial score (nSPS) is 10.4. The van der Waals surface area contributed by atoms with Gasteiger partial charge in [-0.2, -0.15) is 4.98 Å². The molecule has 12 heavy (non-hydrogen) atoms. The van der Waals surface area contributed by atoms with E-state index >= 15 is 0 Å². The van der Waals surface area contributed by atoms with Gasteiger partial charge in [0, 0.05) is 0 Å². The Balaban J connectivity index is 2.57. The van der Waals surface area contributed by atoms with E-state index in [4.69, 9.17) is 12.2 Å². The topological polar surface area (TPSA) is 57.4 Å². The van der Waals surface area contributed by atoms with E-state index in [9.17, 15) is 0 Å². The maximum Gasteiger partial charge on any atom is 0.213 e. The molecule has 2 heterocycles. The average Bonchev–Trinajstić information content (AvgIpc) is 2.58.